The van der Waals surface area contributed by atoms with E-state index in [9.17, 15) is 0 Å². The summed E-state index contributed by atoms with van der Waals surface area (Å²) in [6.07, 6.45) is 5.73. The molecule has 0 aliphatic carbocycles. The van der Waals surface area contributed by atoms with Gasteiger partial charge in [0.05, 0.1) is 0 Å². The zero-order chi connectivity index (χ0) is 10.2. The van der Waals surface area contributed by atoms with Gasteiger partial charge in [-0.1, -0.05) is 36.4 Å². The van der Waals surface area contributed by atoms with Gasteiger partial charge in [-0.3, -0.25) is 0 Å². The number of hydrogen-bond donors (Lipinski definition) is 1. The third-order valence-corrected chi connectivity index (χ3v) is 2.16. The van der Waals surface area contributed by atoms with Crippen molar-refractivity contribution in [3.8, 4) is 0 Å². The van der Waals surface area contributed by atoms with Crippen LogP contribution in [0.5, 0.6) is 0 Å². The molecule has 1 aromatic carbocycles. The first-order valence-electron chi connectivity index (χ1n) is 4.79. The zero-order valence-electron chi connectivity index (χ0n) is 8.12. The lowest BCUT2D eigenvalue weighted by Gasteiger charge is -1.99. The van der Waals surface area contributed by atoms with Crippen molar-refractivity contribution in [2.75, 3.05) is 12.5 Å². The number of halogens is 1. The number of aliphatic hydroxyl groups excluding tert-OH is 1. The highest BCUT2D eigenvalue weighted by Gasteiger charge is 1.92. The maximum absolute atomic E-state index is 8.79. The topological polar surface area (TPSA) is 20.2 Å². The summed E-state index contributed by atoms with van der Waals surface area (Å²) in [7, 11) is 0. The summed E-state index contributed by atoms with van der Waals surface area (Å²) in [5.74, 6) is 0.660. The number of rotatable bonds is 5. The van der Waals surface area contributed by atoms with Crippen molar-refractivity contribution in [1.29, 1.82) is 0 Å². The van der Waals surface area contributed by atoms with Gasteiger partial charge < -0.3 is 5.11 Å². The first-order valence-corrected chi connectivity index (χ1v) is 5.32. The molecule has 1 nitrogen and oxygen atoms in total. The van der Waals surface area contributed by atoms with Crippen LogP contribution in [0.1, 0.15) is 17.5 Å². The number of allylic oxidation sites excluding steroid dienone is 1. The fourth-order valence-electron chi connectivity index (χ4n) is 1.26. The van der Waals surface area contributed by atoms with E-state index >= 15 is 0 Å². The highest BCUT2D eigenvalue weighted by molar-refractivity contribution is 6.17. The summed E-state index contributed by atoms with van der Waals surface area (Å²) in [5.41, 5.74) is 2.33. The van der Waals surface area contributed by atoms with Crippen molar-refractivity contribution < 1.29 is 5.11 Å². The maximum atomic E-state index is 8.79. The van der Waals surface area contributed by atoms with Gasteiger partial charge in [-0.2, -0.15) is 0 Å². The van der Waals surface area contributed by atoms with E-state index in [2.05, 4.69) is 18.2 Å². The van der Waals surface area contributed by atoms with Crippen LogP contribution in [0.15, 0.2) is 30.3 Å². The van der Waals surface area contributed by atoms with Crippen molar-refractivity contribution in [2.45, 2.75) is 12.8 Å². The van der Waals surface area contributed by atoms with E-state index in [0.717, 1.165) is 12.8 Å². The second-order valence-electron chi connectivity index (χ2n) is 3.10. The van der Waals surface area contributed by atoms with Gasteiger partial charge in [0, 0.05) is 12.5 Å². The molecule has 1 rings (SSSR count). The van der Waals surface area contributed by atoms with E-state index in [0.29, 0.717) is 5.88 Å². The van der Waals surface area contributed by atoms with E-state index in [1.54, 1.807) is 0 Å². The van der Waals surface area contributed by atoms with Crippen LogP contribution in [0.25, 0.3) is 6.08 Å². The van der Waals surface area contributed by atoms with E-state index in [-0.39, 0.29) is 6.61 Å². The molecule has 0 radical (unpaired) electrons. The van der Waals surface area contributed by atoms with Gasteiger partial charge in [0.2, 0.25) is 0 Å². The molecule has 0 fully saturated rings. The molecule has 76 valence electrons. The molecule has 2 heteroatoms. The molecule has 0 spiro atoms. The van der Waals surface area contributed by atoms with E-state index in [1.165, 1.54) is 11.1 Å². The minimum absolute atomic E-state index is 0.203. The molecule has 0 aliphatic heterocycles. The van der Waals surface area contributed by atoms with Crippen LogP contribution >= 0.6 is 11.6 Å². The van der Waals surface area contributed by atoms with E-state index < -0.39 is 0 Å². The molecule has 14 heavy (non-hydrogen) atoms. The summed E-state index contributed by atoms with van der Waals surface area (Å²) in [6.45, 7) is 0.203. The Morgan fingerprint density at radius 3 is 2.93 bits per heavy atom. The van der Waals surface area contributed by atoms with Gasteiger partial charge in [-0.15, -0.1) is 11.6 Å². The predicted octanol–water partition coefficient (Wildman–Crippen LogP) is 2.86. The van der Waals surface area contributed by atoms with Gasteiger partial charge in [0.1, 0.15) is 0 Å². The van der Waals surface area contributed by atoms with Crippen molar-refractivity contribution >= 4 is 17.7 Å². The third-order valence-electron chi connectivity index (χ3n) is 1.94. The van der Waals surface area contributed by atoms with Crippen molar-refractivity contribution in [3.63, 3.8) is 0 Å². The minimum atomic E-state index is 0.203. The van der Waals surface area contributed by atoms with Crippen LogP contribution in [0.4, 0.5) is 0 Å². The molecular weight excluding hydrogens is 196 g/mol. The van der Waals surface area contributed by atoms with Crippen molar-refractivity contribution in [3.05, 3.63) is 41.5 Å². The Labute approximate surface area is 90.0 Å². The Bertz CT molecular complexity index is 294. The van der Waals surface area contributed by atoms with Gasteiger partial charge >= 0.3 is 0 Å². The molecule has 0 saturated carbocycles. The molecule has 1 aromatic rings. The van der Waals surface area contributed by atoms with Gasteiger partial charge in [0.15, 0.2) is 0 Å². The van der Waals surface area contributed by atoms with Crippen LogP contribution in [0.3, 0.4) is 0 Å². The van der Waals surface area contributed by atoms with Crippen LogP contribution in [-0.4, -0.2) is 17.6 Å². The van der Waals surface area contributed by atoms with Crippen LogP contribution in [-0.2, 0) is 6.42 Å². The molecule has 0 aliphatic rings. The highest BCUT2D eigenvalue weighted by atomic mass is 35.5. The minimum Gasteiger partial charge on any atom is -0.396 e. The summed E-state index contributed by atoms with van der Waals surface area (Å²) >= 11 is 5.56. The molecule has 0 amide bonds. The zero-order valence-corrected chi connectivity index (χ0v) is 8.87. The van der Waals surface area contributed by atoms with Crippen molar-refractivity contribution in [1.82, 2.24) is 0 Å². The van der Waals surface area contributed by atoms with Gasteiger partial charge in [-0.25, -0.2) is 0 Å². The average molecular weight is 211 g/mol. The Hall–Kier alpha value is -0.790. The Balaban J connectivity index is 2.63. The summed E-state index contributed by atoms with van der Waals surface area (Å²) in [5, 5.41) is 8.79. The maximum Gasteiger partial charge on any atom is 0.0471 e. The molecule has 1 N–H and O–H groups in total. The summed E-state index contributed by atoms with van der Waals surface area (Å²) in [6, 6.07) is 8.16. The summed E-state index contributed by atoms with van der Waals surface area (Å²) in [4.78, 5) is 0. The lowest BCUT2D eigenvalue weighted by atomic mass is 10.1. The van der Waals surface area contributed by atoms with Crippen molar-refractivity contribution in [2.24, 2.45) is 0 Å². The molecule has 0 saturated heterocycles. The summed E-state index contributed by atoms with van der Waals surface area (Å²) < 4.78 is 0. The highest BCUT2D eigenvalue weighted by Crippen LogP contribution is 2.08. The first-order chi connectivity index (χ1) is 6.86. The number of aliphatic hydroxyl groups is 1. The fourth-order valence-corrected chi connectivity index (χ4v) is 1.39. The lowest BCUT2D eigenvalue weighted by Crippen LogP contribution is -1.90. The standard InChI is InChI=1S/C12H15ClO/c13-8-2-1-4-11-5-3-6-12(10-11)7-9-14/h1,3-6,10,14H,2,7-9H2. The second kappa shape index (κ2) is 6.63. The first kappa shape index (κ1) is 11.3. The van der Waals surface area contributed by atoms with Crippen LogP contribution < -0.4 is 0 Å². The van der Waals surface area contributed by atoms with Gasteiger partial charge in [0.25, 0.3) is 0 Å². The van der Waals surface area contributed by atoms with Crippen LogP contribution in [0.2, 0.25) is 0 Å². The second-order valence-corrected chi connectivity index (χ2v) is 3.48. The molecule has 0 aromatic heterocycles. The molecular formula is C12H15ClO. The van der Waals surface area contributed by atoms with E-state index in [4.69, 9.17) is 16.7 Å². The SMILES string of the molecule is OCCc1cccc(C=CCCCl)c1. The normalized spacial score (nSPS) is 11.0. The average Bonchev–Trinajstić information content (AvgIpc) is 2.19. The lowest BCUT2D eigenvalue weighted by molar-refractivity contribution is 0.299. The fraction of sp³-hybridized carbons (Fsp3) is 0.333. The predicted molar refractivity (Wildman–Crippen MR) is 61.6 cm³/mol. The molecule has 0 atom stereocenters. The largest absolute Gasteiger partial charge is 0.396 e. The molecule has 0 heterocycles. The quantitative estimate of drug-likeness (QED) is 0.742. The number of hydrogen-bond acceptors (Lipinski definition) is 1. The molecule has 0 unspecified atom stereocenters. The number of alkyl halides is 1. The Morgan fingerprint density at radius 2 is 2.21 bits per heavy atom. The Morgan fingerprint density at radius 1 is 1.36 bits per heavy atom. The number of benzene rings is 1. The monoisotopic (exact) mass is 210 g/mol. The molecule has 0 bridgehead atoms. The third kappa shape index (κ3) is 3.95. The van der Waals surface area contributed by atoms with Gasteiger partial charge in [-0.05, 0) is 24.0 Å². The Kier molecular flexibility index (Phi) is 5.35. The van der Waals surface area contributed by atoms with Crippen LogP contribution in [0, 0.1) is 0 Å². The van der Waals surface area contributed by atoms with E-state index in [1.807, 2.05) is 18.2 Å². The smallest absolute Gasteiger partial charge is 0.0471 e.